The van der Waals surface area contributed by atoms with E-state index in [1.54, 1.807) is 0 Å². The van der Waals surface area contributed by atoms with Gasteiger partial charge >= 0.3 is 0 Å². The molecule has 86 valence electrons. The molecule has 0 fully saturated rings. The topological polar surface area (TPSA) is 78.3 Å². The molecule has 1 aliphatic rings. The van der Waals surface area contributed by atoms with Crippen molar-refractivity contribution in [2.24, 2.45) is 11.5 Å². The lowest BCUT2D eigenvalue weighted by molar-refractivity contribution is -0.119. The van der Waals surface area contributed by atoms with Gasteiger partial charge in [0.05, 0.1) is 6.04 Å². The standard InChI is InChI=1S/C12H16N2O2/c1-7-2-3-11-8(4-7)5-9(16-11)6-10(13)12(14)15/h2-4,9-10H,5-6,13H2,1H3,(H2,14,15). The molecule has 0 saturated heterocycles. The van der Waals surface area contributed by atoms with Crippen molar-refractivity contribution in [3.05, 3.63) is 29.3 Å². The zero-order chi connectivity index (χ0) is 11.7. The lowest BCUT2D eigenvalue weighted by Crippen LogP contribution is -2.40. The van der Waals surface area contributed by atoms with E-state index in [1.165, 1.54) is 11.1 Å². The van der Waals surface area contributed by atoms with E-state index < -0.39 is 11.9 Å². The van der Waals surface area contributed by atoms with Gasteiger partial charge in [-0.1, -0.05) is 17.7 Å². The van der Waals surface area contributed by atoms with Gasteiger partial charge in [0.25, 0.3) is 0 Å². The molecule has 0 aliphatic carbocycles. The number of hydrogen-bond donors (Lipinski definition) is 2. The Hall–Kier alpha value is -1.55. The maximum absolute atomic E-state index is 10.9. The van der Waals surface area contributed by atoms with Gasteiger partial charge in [-0.05, 0) is 18.6 Å². The average Bonchev–Trinajstić information content (AvgIpc) is 2.58. The molecule has 0 saturated carbocycles. The Morgan fingerprint density at radius 2 is 2.38 bits per heavy atom. The van der Waals surface area contributed by atoms with E-state index in [2.05, 4.69) is 6.07 Å². The number of aryl methyl sites for hydroxylation is 1. The van der Waals surface area contributed by atoms with Crippen LogP contribution >= 0.6 is 0 Å². The van der Waals surface area contributed by atoms with E-state index in [0.29, 0.717) is 6.42 Å². The summed E-state index contributed by atoms with van der Waals surface area (Å²) >= 11 is 0. The monoisotopic (exact) mass is 220 g/mol. The smallest absolute Gasteiger partial charge is 0.234 e. The van der Waals surface area contributed by atoms with Gasteiger partial charge < -0.3 is 16.2 Å². The van der Waals surface area contributed by atoms with Gasteiger partial charge in [-0.3, -0.25) is 4.79 Å². The summed E-state index contributed by atoms with van der Waals surface area (Å²) in [5, 5.41) is 0. The van der Waals surface area contributed by atoms with E-state index in [0.717, 1.165) is 12.2 Å². The van der Waals surface area contributed by atoms with Crippen molar-refractivity contribution in [2.75, 3.05) is 0 Å². The van der Waals surface area contributed by atoms with Gasteiger partial charge in [-0.2, -0.15) is 0 Å². The van der Waals surface area contributed by atoms with Crippen LogP contribution in [0.25, 0.3) is 0 Å². The van der Waals surface area contributed by atoms with Gasteiger partial charge in [-0.15, -0.1) is 0 Å². The molecule has 2 atom stereocenters. The zero-order valence-corrected chi connectivity index (χ0v) is 9.27. The highest BCUT2D eigenvalue weighted by atomic mass is 16.5. The van der Waals surface area contributed by atoms with Crippen molar-refractivity contribution in [3.63, 3.8) is 0 Å². The third kappa shape index (κ3) is 2.17. The molecule has 16 heavy (non-hydrogen) atoms. The number of rotatable bonds is 3. The first-order valence-corrected chi connectivity index (χ1v) is 5.37. The summed E-state index contributed by atoms with van der Waals surface area (Å²) in [6.07, 6.45) is 1.25. The van der Waals surface area contributed by atoms with E-state index in [-0.39, 0.29) is 6.10 Å². The fourth-order valence-electron chi connectivity index (χ4n) is 1.98. The van der Waals surface area contributed by atoms with Gasteiger partial charge in [-0.25, -0.2) is 0 Å². The molecular formula is C12H16N2O2. The first kappa shape index (κ1) is 11.0. The fraction of sp³-hybridized carbons (Fsp3) is 0.417. The number of hydrogen-bond acceptors (Lipinski definition) is 3. The summed E-state index contributed by atoms with van der Waals surface area (Å²) in [7, 11) is 0. The predicted molar refractivity (Wildman–Crippen MR) is 61.1 cm³/mol. The number of benzene rings is 1. The molecule has 4 nitrogen and oxygen atoms in total. The van der Waals surface area contributed by atoms with Crippen molar-refractivity contribution < 1.29 is 9.53 Å². The summed E-state index contributed by atoms with van der Waals surface area (Å²) < 4.78 is 5.69. The Morgan fingerprint density at radius 3 is 3.06 bits per heavy atom. The summed E-state index contributed by atoms with van der Waals surface area (Å²) in [5.74, 6) is 0.419. The predicted octanol–water partition coefficient (Wildman–Crippen LogP) is 0.501. The number of primary amides is 1. The number of ether oxygens (including phenoxy) is 1. The van der Waals surface area contributed by atoms with E-state index in [4.69, 9.17) is 16.2 Å². The normalized spacial score (nSPS) is 20.0. The Labute approximate surface area is 94.6 Å². The summed E-state index contributed by atoms with van der Waals surface area (Å²) in [6, 6.07) is 5.45. The highest BCUT2D eigenvalue weighted by Gasteiger charge is 2.26. The number of carbonyl (C=O) groups is 1. The Kier molecular flexibility index (Phi) is 2.83. The molecule has 1 aliphatic heterocycles. The molecule has 2 rings (SSSR count). The number of fused-ring (bicyclic) bond motifs is 1. The SMILES string of the molecule is Cc1ccc2c(c1)CC(CC(N)C(N)=O)O2. The first-order valence-electron chi connectivity index (χ1n) is 5.37. The van der Waals surface area contributed by atoms with Gasteiger partial charge in [0.1, 0.15) is 11.9 Å². The van der Waals surface area contributed by atoms with Crippen LogP contribution in [0.5, 0.6) is 5.75 Å². The third-order valence-corrected chi connectivity index (χ3v) is 2.84. The van der Waals surface area contributed by atoms with Crippen molar-refractivity contribution in [3.8, 4) is 5.75 Å². The van der Waals surface area contributed by atoms with E-state index in [9.17, 15) is 4.79 Å². The highest BCUT2D eigenvalue weighted by molar-refractivity contribution is 5.79. The van der Waals surface area contributed by atoms with Crippen LogP contribution in [-0.4, -0.2) is 18.1 Å². The maximum atomic E-state index is 10.9. The van der Waals surface area contributed by atoms with Crippen LogP contribution in [0.2, 0.25) is 0 Å². The molecular weight excluding hydrogens is 204 g/mol. The average molecular weight is 220 g/mol. The van der Waals surface area contributed by atoms with Gasteiger partial charge in [0.15, 0.2) is 0 Å². The Bertz CT molecular complexity index is 417. The van der Waals surface area contributed by atoms with Crippen LogP contribution in [0, 0.1) is 6.92 Å². The third-order valence-electron chi connectivity index (χ3n) is 2.84. The molecule has 1 aromatic carbocycles. The minimum absolute atomic E-state index is 0.0284. The van der Waals surface area contributed by atoms with Gasteiger partial charge in [0.2, 0.25) is 5.91 Å². The second-order valence-electron chi connectivity index (χ2n) is 4.30. The second-order valence-corrected chi connectivity index (χ2v) is 4.30. The molecule has 1 amide bonds. The van der Waals surface area contributed by atoms with Crippen LogP contribution in [0.3, 0.4) is 0 Å². The molecule has 2 unspecified atom stereocenters. The Morgan fingerprint density at radius 1 is 1.62 bits per heavy atom. The van der Waals surface area contributed by atoms with Crippen LogP contribution in [0.1, 0.15) is 17.5 Å². The van der Waals surface area contributed by atoms with Crippen molar-refractivity contribution in [1.82, 2.24) is 0 Å². The Balaban J connectivity index is 2.03. The molecule has 1 aromatic rings. The maximum Gasteiger partial charge on any atom is 0.234 e. The summed E-state index contributed by atoms with van der Waals surface area (Å²) in [6.45, 7) is 2.04. The fourth-order valence-corrected chi connectivity index (χ4v) is 1.98. The molecule has 0 bridgehead atoms. The minimum Gasteiger partial charge on any atom is -0.490 e. The van der Waals surface area contributed by atoms with E-state index in [1.807, 2.05) is 19.1 Å². The number of amides is 1. The zero-order valence-electron chi connectivity index (χ0n) is 9.27. The first-order chi connectivity index (χ1) is 7.56. The lowest BCUT2D eigenvalue weighted by atomic mass is 10.0. The summed E-state index contributed by atoms with van der Waals surface area (Å²) in [4.78, 5) is 10.9. The highest BCUT2D eigenvalue weighted by Crippen LogP contribution is 2.30. The van der Waals surface area contributed by atoms with Crippen LogP contribution in [0.4, 0.5) is 0 Å². The molecule has 0 radical (unpaired) electrons. The van der Waals surface area contributed by atoms with Gasteiger partial charge in [0, 0.05) is 12.8 Å². The largest absolute Gasteiger partial charge is 0.490 e. The van der Waals surface area contributed by atoms with E-state index >= 15 is 0 Å². The molecule has 1 heterocycles. The molecule has 0 spiro atoms. The minimum atomic E-state index is -0.625. The second kappa shape index (κ2) is 4.14. The van der Waals surface area contributed by atoms with Crippen molar-refractivity contribution in [1.29, 1.82) is 0 Å². The quantitative estimate of drug-likeness (QED) is 0.778. The molecule has 4 N–H and O–H groups in total. The number of nitrogens with two attached hydrogens (primary N) is 2. The van der Waals surface area contributed by atoms with Crippen LogP contribution < -0.4 is 16.2 Å². The van der Waals surface area contributed by atoms with Crippen LogP contribution in [-0.2, 0) is 11.2 Å². The lowest BCUT2D eigenvalue weighted by Gasteiger charge is -2.13. The summed E-state index contributed by atoms with van der Waals surface area (Å²) in [5.41, 5.74) is 13.1. The van der Waals surface area contributed by atoms with Crippen molar-refractivity contribution in [2.45, 2.75) is 31.9 Å². The number of carbonyl (C=O) groups excluding carboxylic acids is 1. The molecule has 0 aromatic heterocycles. The van der Waals surface area contributed by atoms with Crippen LogP contribution in [0.15, 0.2) is 18.2 Å². The molecule has 4 heteroatoms. The van der Waals surface area contributed by atoms with Crippen molar-refractivity contribution >= 4 is 5.91 Å².